The number of azo groups is 2. The van der Waals surface area contributed by atoms with Gasteiger partial charge in [-0.3, -0.25) is 14.6 Å². The third-order valence-corrected chi connectivity index (χ3v) is 5.81. The van der Waals surface area contributed by atoms with Crippen molar-refractivity contribution in [1.82, 2.24) is 5.43 Å². The van der Waals surface area contributed by atoms with Crippen molar-refractivity contribution in [3.8, 4) is 5.75 Å². The van der Waals surface area contributed by atoms with Crippen LogP contribution in [0.5, 0.6) is 5.75 Å². The van der Waals surface area contributed by atoms with E-state index >= 15 is 0 Å². The first-order chi connectivity index (χ1) is 14.4. The van der Waals surface area contributed by atoms with Crippen molar-refractivity contribution in [2.24, 2.45) is 35.5 Å². The first-order valence-electron chi connectivity index (χ1n) is 8.50. The number of phenolic OH excluding ortho intramolecular Hbond substituents is 1. The number of hydrazone groups is 1. The number of fused-ring (bicyclic) bond motifs is 2. The third kappa shape index (κ3) is 2.36. The van der Waals surface area contributed by atoms with Gasteiger partial charge in [-0.05, 0) is 12.1 Å². The molecule has 1 aromatic rings. The molecule has 0 saturated heterocycles. The Bertz CT molecular complexity index is 1250. The molecule has 0 radical (unpaired) electrons. The summed E-state index contributed by atoms with van der Waals surface area (Å²) in [6.45, 7) is -0.0567. The molecule has 0 saturated carbocycles. The average Bonchev–Trinajstić information content (AvgIpc) is 3.32. The van der Waals surface area contributed by atoms with Crippen LogP contribution < -0.4 is 10.3 Å². The molecule has 30 heavy (non-hydrogen) atoms. The number of hydrogen-bond acceptors (Lipinski definition) is 12. The maximum absolute atomic E-state index is 12.5. The highest BCUT2D eigenvalue weighted by Crippen LogP contribution is 2.45. The number of benzene rings is 1. The highest BCUT2D eigenvalue weighted by atomic mass is 31.1. The van der Waals surface area contributed by atoms with Crippen molar-refractivity contribution in [3.63, 3.8) is 0 Å². The van der Waals surface area contributed by atoms with Crippen molar-refractivity contribution in [2.45, 2.75) is 11.4 Å². The molecule has 1 aliphatic carbocycles. The van der Waals surface area contributed by atoms with Crippen LogP contribution in [-0.2, 0) is 14.2 Å². The van der Waals surface area contributed by atoms with E-state index in [4.69, 9.17) is 0 Å². The van der Waals surface area contributed by atoms with Gasteiger partial charge in [0.15, 0.2) is 23.5 Å². The number of para-hydroxylation sites is 1. The number of nitrogens with zero attached hydrogens (tertiary/aromatic N) is 7. The lowest BCUT2D eigenvalue weighted by Crippen LogP contribution is -2.67. The Morgan fingerprint density at radius 2 is 2.03 bits per heavy atom. The highest BCUT2D eigenvalue weighted by molar-refractivity contribution is 7.42. The number of rotatable bonds is 4. The second-order valence-corrected chi connectivity index (χ2v) is 7.64. The first-order valence-corrected chi connectivity index (χ1v) is 9.68. The van der Waals surface area contributed by atoms with Gasteiger partial charge in [0, 0.05) is 0 Å². The van der Waals surface area contributed by atoms with E-state index in [9.17, 15) is 24.2 Å². The summed E-state index contributed by atoms with van der Waals surface area (Å²) in [7, 11) is -3.36. The number of phenols is 1. The number of aliphatic imine (C=N–C) groups is 2. The molecular weight excluding hydrogens is 415 g/mol. The summed E-state index contributed by atoms with van der Waals surface area (Å²) in [5, 5.41) is 26.9. The zero-order valence-corrected chi connectivity index (χ0v) is 15.6. The number of carbonyl (C=O) groups excluding carboxylic acids is 2. The SMILES string of the molecule is O=C1C(=O)C2([P+](=O)[O-])NN=C2C2=C1C(=NCC1N=NC(c3ccccc3O)=N1)N=N2. The molecule has 14 heteroatoms. The van der Waals surface area contributed by atoms with Crippen LogP contribution in [0.15, 0.2) is 71.1 Å². The van der Waals surface area contributed by atoms with Gasteiger partial charge in [-0.1, -0.05) is 16.7 Å². The quantitative estimate of drug-likeness (QED) is 0.503. The Labute approximate surface area is 167 Å². The summed E-state index contributed by atoms with van der Waals surface area (Å²) in [4.78, 5) is 44.9. The van der Waals surface area contributed by atoms with Crippen LogP contribution in [0.2, 0.25) is 0 Å². The molecule has 0 spiro atoms. The zero-order chi connectivity index (χ0) is 21.0. The van der Waals surface area contributed by atoms with Gasteiger partial charge in [0.05, 0.1) is 12.1 Å². The van der Waals surface area contributed by atoms with Crippen molar-refractivity contribution in [2.75, 3.05) is 6.54 Å². The molecule has 148 valence electrons. The Hall–Kier alpha value is -3.83. The smallest absolute Gasteiger partial charge is 0.359 e. The van der Waals surface area contributed by atoms with E-state index in [-0.39, 0.29) is 40.9 Å². The molecular formula is C16H9N8O5P. The molecule has 0 aromatic heterocycles. The normalized spacial score (nSPS) is 28.1. The van der Waals surface area contributed by atoms with Gasteiger partial charge in [0.25, 0.3) is 5.78 Å². The summed E-state index contributed by atoms with van der Waals surface area (Å²) < 4.78 is 11.6. The minimum atomic E-state index is -3.36. The van der Waals surface area contributed by atoms with Gasteiger partial charge in [-0.25, -0.2) is 10.4 Å². The summed E-state index contributed by atoms with van der Waals surface area (Å²) in [5.41, 5.74) is 2.09. The highest BCUT2D eigenvalue weighted by Gasteiger charge is 2.69. The standard InChI is InChI=1S/C16H9N8O5P/c25-7-4-2-1-3-6(7)14-18-8(19-22-14)5-17-15-9-10(20-23-15)12-16(24-21-12,30(28)29)13(27)11(9)26/h1-4,8,24-25H,5H2. The Morgan fingerprint density at radius 1 is 1.23 bits per heavy atom. The average molecular weight is 424 g/mol. The van der Waals surface area contributed by atoms with Gasteiger partial charge in [-0.15, -0.1) is 15.3 Å². The number of Topliss-reactive ketones (excluding diaryl/α,β-unsaturated/α-hetero) is 2. The van der Waals surface area contributed by atoms with Crippen molar-refractivity contribution in [3.05, 3.63) is 41.1 Å². The van der Waals surface area contributed by atoms with Crippen LogP contribution in [0, 0.1) is 0 Å². The number of nitrogens with one attached hydrogen (secondary N) is 1. The molecule has 4 aliphatic rings. The molecule has 13 nitrogen and oxygen atoms in total. The second-order valence-electron chi connectivity index (χ2n) is 6.45. The number of ketones is 2. The fourth-order valence-electron chi connectivity index (χ4n) is 3.22. The molecule has 0 fully saturated rings. The lowest BCUT2D eigenvalue weighted by Gasteiger charge is -2.33. The number of amidine groups is 2. The van der Waals surface area contributed by atoms with Crippen LogP contribution in [0.3, 0.4) is 0 Å². The topological polar surface area (TPSA) is 193 Å². The van der Waals surface area contributed by atoms with Crippen molar-refractivity contribution in [1.29, 1.82) is 0 Å². The van der Waals surface area contributed by atoms with E-state index in [2.05, 4.69) is 41.0 Å². The fourth-order valence-corrected chi connectivity index (χ4v) is 3.95. The number of hydrogen-bond donors (Lipinski definition) is 2. The molecule has 5 rings (SSSR count). The Morgan fingerprint density at radius 3 is 2.73 bits per heavy atom. The van der Waals surface area contributed by atoms with E-state index < -0.39 is 31.0 Å². The molecule has 0 amide bonds. The second kappa shape index (κ2) is 6.34. The van der Waals surface area contributed by atoms with E-state index in [0.717, 1.165) is 0 Å². The molecule has 0 bridgehead atoms. The van der Waals surface area contributed by atoms with E-state index in [1.54, 1.807) is 18.2 Å². The lowest BCUT2D eigenvalue weighted by atomic mass is 9.86. The van der Waals surface area contributed by atoms with E-state index in [1.807, 2.05) is 0 Å². The Kier molecular flexibility index (Phi) is 3.85. The van der Waals surface area contributed by atoms with E-state index in [1.165, 1.54) is 6.07 Å². The van der Waals surface area contributed by atoms with Gasteiger partial charge in [0.1, 0.15) is 17.0 Å². The Balaban J connectivity index is 1.41. The molecule has 3 unspecified atom stereocenters. The summed E-state index contributed by atoms with van der Waals surface area (Å²) in [6.07, 6.45) is -0.723. The van der Waals surface area contributed by atoms with Crippen LogP contribution in [0.25, 0.3) is 0 Å². The number of carbonyl (C=O) groups is 2. The monoisotopic (exact) mass is 424 g/mol. The first kappa shape index (κ1) is 18.2. The lowest BCUT2D eigenvalue weighted by molar-refractivity contribution is -0.170. The third-order valence-electron chi connectivity index (χ3n) is 4.74. The van der Waals surface area contributed by atoms with Crippen LogP contribution in [0.1, 0.15) is 5.56 Å². The molecule has 3 heterocycles. The summed E-state index contributed by atoms with van der Waals surface area (Å²) in [6, 6.07) is 6.50. The van der Waals surface area contributed by atoms with E-state index in [0.29, 0.717) is 5.56 Å². The van der Waals surface area contributed by atoms with Crippen LogP contribution >= 0.6 is 8.03 Å². The predicted molar refractivity (Wildman–Crippen MR) is 98.4 cm³/mol. The van der Waals surface area contributed by atoms with Gasteiger partial charge in [0.2, 0.25) is 5.78 Å². The maximum Gasteiger partial charge on any atom is 0.359 e. The van der Waals surface area contributed by atoms with Crippen molar-refractivity contribution < 1.29 is 24.2 Å². The molecule has 2 N–H and O–H groups in total. The van der Waals surface area contributed by atoms with Crippen LogP contribution in [-0.4, -0.2) is 52.0 Å². The maximum atomic E-state index is 12.5. The minimum Gasteiger partial charge on any atom is -0.593 e. The largest absolute Gasteiger partial charge is 0.593 e. The van der Waals surface area contributed by atoms with Gasteiger partial charge >= 0.3 is 13.3 Å². The van der Waals surface area contributed by atoms with Gasteiger partial charge in [-0.2, -0.15) is 10.2 Å². The van der Waals surface area contributed by atoms with Crippen molar-refractivity contribution >= 4 is 37.0 Å². The molecule has 1 aromatic carbocycles. The zero-order valence-electron chi connectivity index (χ0n) is 14.8. The minimum absolute atomic E-state index is 0.00272. The van der Waals surface area contributed by atoms with Gasteiger partial charge < -0.3 is 10.00 Å². The predicted octanol–water partition coefficient (Wildman–Crippen LogP) is -0.0409. The molecule has 3 atom stereocenters. The summed E-state index contributed by atoms with van der Waals surface area (Å²) in [5.74, 6) is -2.14. The van der Waals surface area contributed by atoms with Crippen LogP contribution in [0.4, 0.5) is 0 Å². The molecule has 3 aliphatic heterocycles. The fraction of sp³-hybridized carbons (Fsp3) is 0.188. The summed E-state index contributed by atoms with van der Waals surface area (Å²) >= 11 is 0. The number of aromatic hydroxyl groups is 1.